The van der Waals surface area contributed by atoms with Crippen LogP contribution in [0.25, 0.3) is 0 Å². The van der Waals surface area contributed by atoms with Crippen LogP contribution in [0.15, 0.2) is 72.6 Å². The monoisotopic (exact) mass is 452 g/mol. The number of nitrogens with one attached hydrogen (secondary N) is 1. The SMILES string of the molecule is CC(=O)N(Cc1ccccc1)/C(=C\NC(C)(C)C)C(=O)[C@@H]1O[C@H](c2ccccc2)OC[C@H]1O. The van der Waals surface area contributed by atoms with Gasteiger partial charge in [0, 0.05) is 24.2 Å². The van der Waals surface area contributed by atoms with Crippen molar-refractivity contribution in [2.24, 2.45) is 0 Å². The minimum Gasteiger partial charge on any atom is -0.387 e. The number of benzene rings is 2. The number of hydrogen-bond acceptors (Lipinski definition) is 6. The molecule has 1 fully saturated rings. The van der Waals surface area contributed by atoms with Gasteiger partial charge < -0.3 is 24.8 Å². The van der Waals surface area contributed by atoms with E-state index in [1.54, 1.807) is 0 Å². The van der Waals surface area contributed by atoms with E-state index in [0.29, 0.717) is 0 Å². The molecule has 1 aliphatic heterocycles. The van der Waals surface area contributed by atoms with Gasteiger partial charge in [0.1, 0.15) is 11.8 Å². The van der Waals surface area contributed by atoms with Crippen molar-refractivity contribution in [2.75, 3.05) is 6.61 Å². The van der Waals surface area contributed by atoms with Crippen molar-refractivity contribution in [3.05, 3.63) is 83.7 Å². The summed E-state index contributed by atoms with van der Waals surface area (Å²) in [5.74, 6) is -0.787. The highest BCUT2D eigenvalue weighted by Gasteiger charge is 2.39. The number of nitrogens with zero attached hydrogens (tertiary/aromatic N) is 1. The Kier molecular flexibility index (Phi) is 8.02. The topological polar surface area (TPSA) is 88.1 Å². The van der Waals surface area contributed by atoms with Crippen LogP contribution in [0.2, 0.25) is 0 Å². The van der Waals surface area contributed by atoms with Gasteiger partial charge in [-0.2, -0.15) is 0 Å². The van der Waals surface area contributed by atoms with E-state index in [1.165, 1.54) is 18.0 Å². The Hall–Kier alpha value is -3.00. The molecule has 1 aliphatic rings. The lowest BCUT2D eigenvalue weighted by molar-refractivity contribution is -0.250. The van der Waals surface area contributed by atoms with Gasteiger partial charge in [-0.05, 0) is 26.3 Å². The molecule has 2 aromatic rings. The van der Waals surface area contributed by atoms with Gasteiger partial charge in [0.2, 0.25) is 11.7 Å². The fraction of sp³-hybridized carbons (Fsp3) is 0.385. The molecule has 0 radical (unpaired) electrons. The van der Waals surface area contributed by atoms with Crippen molar-refractivity contribution in [3.63, 3.8) is 0 Å². The number of hydrogen-bond donors (Lipinski definition) is 2. The molecular formula is C26H32N2O5. The van der Waals surface area contributed by atoms with Crippen LogP contribution >= 0.6 is 0 Å². The van der Waals surface area contributed by atoms with Gasteiger partial charge >= 0.3 is 0 Å². The van der Waals surface area contributed by atoms with E-state index < -0.39 is 24.3 Å². The summed E-state index contributed by atoms with van der Waals surface area (Å²) in [6.07, 6.45) is -1.61. The summed E-state index contributed by atoms with van der Waals surface area (Å²) < 4.78 is 11.5. The number of carbonyl (C=O) groups is 2. The maximum Gasteiger partial charge on any atom is 0.224 e. The van der Waals surface area contributed by atoms with Gasteiger partial charge in [0.15, 0.2) is 12.4 Å². The van der Waals surface area contributed by atoms with E-state index in [9.17, 15) is 14.7 Å². The van der Waals surface area contributed by atoms with E-state index >= 15 is 0 Å². The quantitative estimate of drug-likeness (QED) is 0.627. The standard InChI is InChI=1S/C26H32N2O5/c1-18(29)28(16-19-11-7-5-8-12-19)21(15-27-26(2,3)4)23(31)24-22(30)17-32-25(33-24)20-13-9-6-10-14-20/h5-15,22,24-25,27,30H,16-17H2,1-4H3/b21-15-/t22-,24-,25-/m1/s1. The van der Waals surface area contributed by atoms with Crippen LogP contribution in [-0.4, -0.2) is 46.1 Å². The Labute approximate surface area is 195 Å². The third kappa shape index (κ3) is 6.74. The lowest BCUT2D eigenvalue weighted by Gasteiger charge is -2.35. The first-order chi connectivity index (χ1) is 15.7. The molecule has 7 nitrogen and oxygen atoms in total. The second-order valence-corrected chi connectivity index (χ2v) is 9.08. The summed E-state index contributed by atoms with van der Waals surface area (Å²) in [6.45, 7) is 7.41. The van der Waals surface area contributed by atoms with Gasteiger partial charge in [0.05, 0.1) is 13.2 Å². The summed E-state index contributed by atoms with van der Waals surface area (Å²) in [5, 5.41) is 13.7. The first-order valence-electron chi connectivity index (χ1n) is 11.0. The molecule has 2 N–H and O–H groups in total. The highest BCUT2D eigenvalue weighted by atomic mass is 16.7. The molecule has 2 aromatic carbocycles. The molecule has 33 heavy (non-hydrogen) atoms. The number of amides is 1. The Morgan fingerprint density at radius 2 is 1.70 bits per heavy atom. The van der Waals surface area contributed by atoms with Crippen molar-refractivity contribution in [1.29, 1.82) is 0 Å². The number of aliphatic hydroxyl groups excluding tert-OH is 1. The Morgan fingerprint density at radius 1 is 1.09 bits per heavy atom. The average molecular weight is 453 g/mol. The van der Waals surface area contributed by atoms with Crippen molar-refractivity contribution in [2.45, 2.75) is 58.3 Å². The third-order valence-corrected chi connectivity index (χ3v) is 5.12. The second kappa shape index (κ2) is 10.7. The number of ketones is 1. The largest absolute Gasteiger partial charge is 0.387 e. The van der Waals surface area contributed by atoms with Crippen LogP contribution in [0, 0.1) is 0 Å². The van der Waals surface area contributed by atoms with E-state index in [-0.39, 0.29) is 30.3 Å². The van der Waals surface area contributed by atoms with Gasteiger partial charge in [-0.25, -0.2) is 0 Å². The van der Waals surface area contributed by atoms with Gasteiger partial charge in [-0.1, -0.05) is 60.7 Å². The Bertz CT molecular complexity index is 969. The molecule has 1 amide bonds. The van der Waals surface area contributed by atoms with Crippen LogP contribution in [0.4, 0.5) is 0 Å². The minimum atomic E-state index is -1.19. The number of rotatable bonds is 7. The molecule has 7 heteroatoms. The lowest BCUT2D eigenvalue weighted by Crippen LogP contribution is -2.48. The predicted molar refractivity (Wildman–Crippen MR) is 125 cm³/mol. The maximum atomic E-state index is 13.7. The molecule has 0 aromatic heterocycles. The van der Waals surface area contributed by atoms with Crippen molar-refractivity contribution in [1.82, 2.24) is 10.2 Å². The van der Waals surface area contributed by atoms with E-state index in [0.717, 1.165) is 11.1 Å². The van der Waals surface area contributed by atoms with Gasteiger partial charge in [0.25, 0.3) is 0 Å². The predicted octanol–water partition coefficient (Wildman–Crippen LogP) is 3.31. The summed E-state index contributed by atoms with van der Waals surface area (Å²) in [5.41, 5.74) is 1.40. The molecule has 0 unspecified atom stereocenters. The van der Waals surface area contributed by atoms with Crippen LogP contribution < -0.4 is 5.32 Å². The van der Waals surface area contributed by atoms with Crippen LogP contribution in [0.5, 0.6) is 0 Å². The zero-order chi connectivity index (χ0) is 24.0. The molecule has 3 atom stereocenters. The van der Waals surface area contributed by atoms with Crippen molar-refractivity contribution < 1.29 is 24.2 Å². The van der Waals surface area contributed by atoms with Crippen LogP contribution in [0.3, 0.4) is 0 Å². The Morgan fingerprint density at radius 3 is 2.27 bits per heavy atom. The molecule has 1 saturated heterocycles. The number of aliphatic hydroxyl groups is 1. The first-order valence-corrected chi connectivity index (χ1v) is 11.0. The number of carbonyl (C=O) groups excluding carboxylic acids is 2. The summed E-state index contributed by atoms with van der Waals surface area (Å²) >= 11 is 0. The molecule has 0 bridgehead atoms. The normalized spacial score (nSPS) is 21.4. The molecule has 0 spiro atoms. The van der Waals surface area contributed by atoms with E-state index in [2.05, 4.69) is 5.32 Å². The molecule has 0 aliphatic carbocycles. The number of Topliss-reactive ketones (excluding diaryl/α,β-unsaturated/α-hetero) is 1. The molecule has 1 heterocycles. The fourth-order valence-corrected chi connectivity index (χ4v) is 3.40. The Balaban J connectivity index is 1.92. The lowest BCUT2D eigenvalue weighted by atomic mass is 10.0. The smallest absolute Gasteiger partial charge is 0.224 e. The van der Waals surface area contributed by atoms with Gasteiger partial charge in [-0.15, -0.1) is 0 Å². The van der Waals surface area contributed by atoms with Gasteiger partial charge in [-0.3, -0.25) is 9.59 Å². The van der Waals surface area contributed by atoms with Crippen molar-refractivity contribution >= 4 is 11.7 Å². The molecule has 176 valence electrons. The zero-order valence-corrected chi connectivity index (χ0v) is 19.5. The maximum absolute atomic E-state index is 13.7. The fourth-order valence-electron chi connectivity index (χ4n) is 3.40. The average Bonchev–Trinajstić information content (AvgIpc) is 2.79. The molecular weight excluding hydrogens is 420 g/mol. The summed E-state index contributed by atoms with van der Waals surface area (Å²) in [7, 11) is 0. The third-order valence-electron chi connectivity index (χ3n) is 5.12. The van der Waals surface area contributed by atoms with Crippen LogP contribution in [0.1, 0.15) is 45.1 Å². The molecule has 0 saturated carbocycles. The van der Waals surface area contributed by atoms with Crippen molar-refractivity contribution in [3.8, 4) is 0 Å². The van der Waals surface area contributed by atoms with E-state index in [1.807, 2.05) is 81.4 Å². The molecule has 3 rings (SSSR count). The highest BCUT2D eigenvalue weighted by Crippen LogP contribution is 2.29. The zero-order valence-electron chi connectivity index (χ0n) is 19.5. The summed E-state index contributed by atoms with van der Waals surface area (Å²) in [4.78, 5) is 27.7. The second-order valence-electron chi connectivity index (χ2n) is 9.08. The van der Waals surface area contributed by atoms with E-state index in [4.69, 9.17) is 9.47 Å². The highest BCUT2D eigenvalue weighted by molar-refractivity contribution is 6.01. The first kappa shape index (κ1) is 24.6. The number of ether oxygens (including phenoxy) is 2. The minimum absolute atomic E-state index is 0.0608. The summed E-state index contributed by atoms with van der Waals surface area (Å²) in [6, 6.07) is 18.7. The van der Waals surface area contributed by atoms with Crippen LogP contribution in [-0.2, 0) is 25.6 Å².